The maximum atomic E-state index is 12.5. The van der Waals surface area contributed by atoms with E-state index in [1.165, 1.54) is 30.4 Å². The standard InChI is InChI=1S/C24H32N4O/c1-3-28-15-20-13-14-25-23(22(20)16-28)26-17(2)18-9-11-19(12-10-18)24(29)27-21-7-5-4-6-8-21/h9-14,17,21H,3-8,15-16H2,1-2H3,(H,25,26)(H,27,29)/t17-/m0/s1. The molecule has 0 radical (unpaired) electrons. The molecule has 2 heterocycles. The third kappa shape index (κ3) is 4.61. The van der Waals surface area contributed by atoms with E-state index in [0.717, 1.165) is 49.4 Å². The minimum absolute atomic E-state index is 0.0475. The van der Waals surface area contributed by atoms with E-state index in [1.807, 2.05) is 18.3 Å². The van der Waals surface area contributed by atoms with Crippen LogP contribution in [0.25, 0.3) is 0 Å². The number of nitrogens with zero attached hydrogens (tertiary/aromatic N) is 2. The van der Waals surface area contributed by atoms with Gasteiger partial charge in [0.05, 0.1) is 0 Å². The lowest BCUT2D eigenvalue weighted by Gasteiger charge is -2.23. The Morgan fingerprint density at radius 1 is 1.14 bits per heavy atom. The zero-order valence-corrected chi connectivity index (χ0v) is 17.6. The number of amides is 1. The molecule has 0 saturated heterocycles. The fourth-order valence-corrected chi connectivity index (χ4v) is 4.45. The third-order valence-corrected chi connectivity index (χ3v) is 6.34. The van der Waals surface area contributed by atoms with Crippen LogP contribution in [0, 0.1) is 0 Å². The Balaban J connectivity index is 1.39. The molecule has 5 heteroatoms. The van der Waals surface area contributed by atoms with Gasteiger partial charge in [0.1, 0.15) is 5.82 Å². The van der Waals surface area contributed by atoms with Crippen LogP contribution >= 0.6 is 0 Å². The van der Waals surface area contributed by atoms with Crippen molar-refractivity contribution in [1.29, 1.82) is 0 Å². The summed E-state index contributed by atoms with van der Waals surface area (Å²) in [6, 6.07) is 10.6. The SMILES string of the molecule is CCN1Cc2ccnc(N[C@@H](C)c3ccc(C(=O)NC4CCCCC4)cc3)c2C1. The number of pyridine rings is 1. The van der Waals surface area contributed by atoms with Crippen molar-refractivity contribution < 1.29 is 4.79 Å². The summed E-state index contributed by atoms with van der Waals surface area (Å²) >= 11 is 0. The molecule has 2 aromatic rings. The quantitative estimate of drug-likeness (QED) is 0.751. The number of anilines is 1. The van der Waals surface area contributed by atoms with Gasteiger partial charge in [-0.25, -0.2) is 4.98 Å². The van der Waals surface area contributed by atoms with E-state index in [2.05, 4.69) is 52.6 Å². The van der Waals surface area contributed by atoms with Gasteiger partial charge in [-0.2, -0.15) is 0 Å². The van der Waals surface area contributed by atoms with E-state index < -0.39 is 0 Å². The Morgan fingerprint density at radius 3 is 2.62 bits per heavy atom. The van der Waals surface area contributed by atoms with E-state index in [0.29, 0.717) is 6.04 Å². The van der Waals surface area contributed by atoms with Crippen LogP contribution < -0.4 is 10.6 Å². The normalized spacial score (nSPS) is 18.3. The van der Waals surface area contributed by atoms with Gasteiger partial charge >= 0.3 is 0 Å². The molecule has 1 saturated carbocycles. The first kappa shape index (κ1) is 19.9. The molecule has 29 heavy (non-hydrogen) atoms. The van der Waals surface area contributed by atoms with Crippen LogP contribution in [0.3, 0.4) is 0 Å². The van der Waals surface area contributed by atoms with Crippen LogP contribution in [-0.4, -0.2) is 28.4 Å². The van der Waals surface area contributed by atoms with Crippen molar-refractivity contribution in [2.45, 2.75) is 71.1 Å². The summed E-state index contributed by atoms with van der Waals surface area (Å²) < 4.78 is 0. The van der Waals surface area contributed by atoms with Crippen LogP contribution in [0.2, 0.25) is 0 Å². The smallest absolute Gasteiger partial charge is 0.251 e. The average molecular weight is 393 g/mol. The van der Waals surface area contributed by atoms with Gasteiger partial charge in [-0.1, -0.05) is 38.3 Å². The van der Waals surface area contributed by atoms with Crippen molar-refractivity contribution >= 4 is 11.7 Å². The van der Waals surface area contributed by atoms with E-state index in [4.69, 9.17) is 0 Å². The van der Waals surface area contributed by atoms with E-state index in [-0.39, 0.29) is 11.9 Å². The summed E-state index contributed by atoms with van der Waals surface area (Å²) in [5.41, 5.74) is 4.57. The molecule has 1 fully saturated rings. The van der Waals surface area contributed by atoms with Crippen molar-refractivity contribution in [1.82, 2.24) is 15.2 Å². The molecule has 1 amide bonds. The molecule has 1 aliphatic heterocycles. The first-order chi connectivity index (χ1) is 14.1. The van der Waals surface area contributed by atoms with Gasteiger partial charge in [-0.05, 0) is 55.6 Å². The molecule has 0 spiro atoms. The van der Waals surface area contributed by atoms with Crippen LogP contribution in [0.5, 0.6) is 0 Å². The maximum Gasteiger partial charge on any atom is 0.251 e. The highest BCUT2D eigenvalue weighted by Crippen LogP contribution is 2.29. The molecule has 1 aliphatic carbocycles. The maximum absolute atomic E-state index is 12.5. The fraction of sp³-hybridized carbons (Fsp3) is 0.500. The highest BCUT2D eigenvalue weighted by atomic mass is 16.1. The summed E-state index contributed by atoms with van der Waals surface area (Å²) in [7, 11) is 0. The van der Waals surface area contributed by atoms with Gasteiger partial charge in [0.2, 0.25) is 0 Å². The fourth-order valence-electron chi connectivity index (χ4n) is 4.45. The van der Waals surface area contributed by atoms with Gasteiger partial charge in [0.25, 0.3) is 5.91 Å². The predicted octanol–water partition coefficient (Wildman–Crippen LogP) is 4.65. The summed E-state index contributed by atoms with van der Waals surface area (Å²) in [4.78, 5) is 19.5. The van der Waals surface area contributed by atoms with Crippen LogP contribution in [0.15, 0.2) is 36.5 Å². The van der Waals surface area contributed by atoms with Gasteiger partial charge in [0, 0.05) is 42.5 Å². The van der Waals surface area contributed by atoms with Gasteiger partial charge in [-0.15, -0.1) is 0 Å². The summed E-state index contributed by atoms with van der Waals surface area (Å²) in [6.45, 7) is 7.34. The lowest BCUT2D eigenvalue weighted by Crippen LogP contribution is -2.36. The van der Waals surface area contributed by atoms with Crippen LogP contribution in [0.4, 0.5) is 5.82 Å². The van der Waals surface area contributed by atoms with Crippen molar-refractivity contribution in [3.8, 4) is 0 Å². The summed E-state index contributed by atoms with van der Waals surface area (Å²) in [5.74, 6) is 1.02. The third-order valence-electron chi connectivity index (χ3n) is 6.34. The zero-order chi connectivity index (χ0) is 20.2. The number of aromatic nitrogens is 1. The predicted molar refractivity (Wildman–Crippen MR) is 117 cm³/mol. The molecular formula is C24H32N4O. The number of hydrogen-bond donors (Lipinski definition) is 2. The lowest BCUT2D eigenvalue weighted by atomic mass is 9.95. The number of hydrogen-bond acceptors (Lipinski definition) is 4. The molecule has 2 N–H and O–H groups in total. The molecule has 0 unspecified atom stereocenters. The minimum Gasteiger partial charge on any atom is -0.363 e. The number of carbonyl (C=O) groups excluding carboxylic acids is 1. The van der Waals surface area contributed by atoms with Gasteiger partial charge < -0.3 is 10.6 Å². The zero-order valence-electron chi connectivity index (χ0n) is 17.6. The van der Waals surface area contributed by atoms with E-state index in [9.17, 15) is 4.79 Å². The van der Waals surface area contributed by atoms with E-state index in [1.54, 1.807) is 0 Å². The first-order valence-corrected chi connectivity index (χ1v) is 11.0. The van der Waals surface area contributed by atoms with Crippen molar-refractivity contribution in [3.63, 3.8) is 0 Å². The highest BCUT2D eigenvalue weighted by molar-refractivity contribution is 5.94. The molecule has 5 nitrogen and oxygen atoms in total. The largest absolute Gasteiger partial charge is 0.363 e. The van der Waals surface area contributed by atoms with Crippen molar-refractivity contribution in [3.05, 3.63) is 58.8 Å². The summed E-state index contributed by atoms with van der Waals surface area (Å²) in [6.07, 6.45) is 7.84. The Labute approximate surface area is 173 Å². The number of carbonyl (C=O) groups is 1. The van der Waals surface area contributed by atoms with Crippen LogP contribution in [-0.2, 0) is 13.1 Å². The average Bonchev–Trinajstić information content (AvgIpc) is 3.19. The van der Waals surface area contributed by atoms with Gasteiger partial charge in [-0.3, -0.25) is 9.69 Å². The molecule has 154 valence electrons. The molecular weight excluding hydrogens is 360 g/mol. The van der Waals surface area contributed by atoms with Gasteiger partial charge in [0.15, 0.2) is 0 Å². The molecule has 4 rings (SSSR count). The van der Waals surface area contributed by atoms with Crippen LogP contribution in [0.1, 0.15) is 79.0 Å². The number of nitrogens with one attached hydrogen (secondary N) is 2. The molecule has 2 aliphatic rings. The number of benzene rings is 1. The molecule has 1 atom stereocenters. The second-order valence-corrected chi connectivity index (χ2v) is 8.40. The second-order valence-electron chi connectivity index (χ2n) is 8.40. The molecule has 1 aromatic carbocycles. The molecule has 1 aromatic heterocycles. The Hall–Kier alpha value is -2.40. The second kappa shape index (κ2) is 8.95. The monoisotopic (exact) mass is 392 g/mol. The topological polar surface area (TPSA) is 57.3 Å². The number of rotatable bonds is 6. The Kier molecular flexibility index (Phi) is 6.14. The Bertz CT molecular complexity index is 842. The number of fused-ring (bicyclic) bond motifs is 1. The first-order valence-electron chi connectivity index (χ1n) is 11.0. The molecule has 0 bridgehead atoms. The van der Waals surface area contributed by atoms with Crippen molar-refractivity contribution in [2.75, 3.05) is 11.9 Å². The lowest BCUT2D eigenvalue weighted by molar-refractivity contribution is 0.0927. The summed E-state index contributed by atoms with van der Waals surface area (Å²) in [5, 5.41) is 6.77. The van der Waals surface area contributed by atoms with Crippen molar-refractivity contribution in [2.24, 2.45) is 0 Å². The minimum atomic E-state index is 0.0475. The Morgan fingerprint density at radius 2 is 1.90 bits per heavy atom. The van der Waals surface area contributed by atoms with E-state index >= 15 is 0 Å². The highest BCUT2D eigenvalue weighted by Gasteiger charge is 2.22.